The number of pyridine rings is 2. The predicted octanol–water partition coefficient (Wildman–Crippen LogP) is 8.30. The molecule has 2 heteroatoms. The lowest BCUT2D eigenvalue weighted by molar-refractivity contribution is 1.32. The molecule has 34 heavy (non-hydrogen) atoms. The van der Waals surface area contributed by atoms with E-state index in [4.69, 9.17) is 4.98 Å². The van der Waals surface area contributed by atoms with Gasteiger partial charge in [0.2, 0.25) is 0 Å². The lowest BCUT2D eigenvalue weighted by atomic mass is 9.97. The Morgan fingerprint density at radius 1 is 0.382 bits per heavy atom. The van der Waals surface area contributed by atoms with Crippen molar-refractivity contribution < 1.29 is 0 Å². The Hall–Kier alpha value is -4.56. The van der Waals surface area contributed by atoms with Gasteiger partial charge in [0.1, 0.15) is 0 Å². The molecule has 0 radical (unpaired) electrons. The van der Waals surface area contributed by atoms with E-state index in [0.29, 0.717) is 0 Å². The van der Waals surface area contributed by atoms with Crippen LogP contribution in [0, 0.1) is 0 Å². The number of rotatable bonds is 4. The summed E-state index contributed by atoms with van der Waals surface area (Å²) < 4.78 is 0. The largest absolute Gasteiger partial charge is 0.256 e. The predicted molar refractivity (Wildman–Crippen MR) is 141 cm³/mol. The van der Waals surface area contributed by atoms with E-state index in [2.05, 4.69) is 108 Å². The van der Waals surface area contributed by atoms with Gasteiger partial charge in [-0.15, -0.1) is 0 Å². The molecule has 2 nitrogen and oxygen atoms in total. The van der Waals surface area contributed by atoms with Crippen molar-refractivity contribution >= 4 is 10.9 Å². The van der Waals surface area contributed by atoms with Crippen molar-refractivity contribution in [3.63, 3.8) is 0 Å². The first-order valence-corrected chi connectivity index (χ1v) is 11.4. The Morgan fingerprint density at radius 2 is 0.912 bits per heavy atom. The second kappa shape index (κ2) is 8.76. The van der Waals surface area contributed by atoms with E-state index in [1.54, 1.807) is 0 Å². The van der Waals surface area contributed by atoms with Crippen molar-refractivity contribution in [1.82, 2.24) is 9.97 Å². The van der Waals surface area contributed by atoms with Crippen molar-refractivity contribution in [3.05, 3.63) is 134 Å². The second-order valence-corrected chi connectivity index (χ2v) is 8.35. The van der Waals surface area contributed by atoms with Crippen LogP contribution in [0.2, 0.25) is 0 Å². The van der Waals surface area contributed by atoms with Crippen molar-refractivity contribution in [3.8, 4) is 44.8 Å². The van der Waals surface area contributed by atoms with Crippen molar-refractivity contribution in [1.29, 1.82) is 0 Å². The van der Waals surface area contributed by atoms with Crippen molar-refractivity contribution in [2.45, 2.75) is 0 Å². The second-order valence-electron chi connectivity index (χ2n) is 8.35. The summed E-state index contributed by atoms with van der Waals surface area (Å²) in [6.45, 7) is 0. The van der Waals surface area contributed by atoms with Gasteiger partial charge < -0.3 is 0 Å². The Morgan fingerprint density at radius 3 is 1.53 bits per heavy atom. The molecule has 4 aromatic carbocycles. The van der Waals surface area contributed by atoms with Crippen LogP contribution in [0.15, 0.2) is 134 Å². The number of para-hydroxylation sites is 1. The molecule has 2 aromatic heterocycles. The van der Waals surface area contributed by atoms with Gasteiger partial charge in [-0.2, -0.15) is 0 Å². The highest BCUT2D eigenvalue weighted by molar-refractivity contribution is 5.84. The van der Waals surface area contributed by atoms with Gasteiger partial charge in [-0.05, 0) is 41.0 Å². The van der Waals surface area contributed by atoms with Gasteiger partial charge in [0.05, 0.1) is 16.9 Å². The molecule has 0 saturated heterocycles. The molecule has 0 aliphatic carbocycles. The van der Waals surface area contributed by atoms with Crippen LogP contribution in [-0.4, -0.2) is 9.97 Å². The molecule has 0 N–H and O–H groups in total. The molecule has 0 fully saturated rings. The fraction of sp³-hybridized carbons (Fsp3) is 0. The summed E-state index contributed by atoms with van der Waals surface area (Å²) in [6.07, 6.45) is 1.95. The van der Waals surface area contributed by atoms with Crippen LogP contribution in [0.4, 0.5) is 0 Å². The highest BCUT2D eigenvalue weighted by atomic mass is 14.7. The third kappa shape index (κ3) is 3.98. The van der Waals surface area contributed by atoms with Gasteiger partial charge in [-0.3, -0.25) is 4.98 Å². The number of benzene rings is 4. The van der Waals surface area contributed by atoms with Gasteiger partial charge in [0, 0.05) is 28.3 Å². The topological polar surface area (TPSA) is 25.8 Å². The molecule has 0 aliphatic heterocycles. The summed E-state index contributed by atoms with van der Waals surface area (Å²) in [7, 11) is 0. The molecule has 0 saturated carbocycles. The number of fused-ring (bicyclic) bond motifs is 1. The van der Waals surface area contributed by atoms with E-state index < -0.39 is 0 Å². The first-order valence-electron chi connectivity index (χ1n) is 11.4. The molecule has 0 atom stereocenters. The molecule has 0 amide bonds. The Kier molecular flexibility index (Phi) is 5.17. The average Bonchev–Trinajstić information content (AvgIpc) is 2.93. The van der Waals surface area contributed by atoms with E-state index >= 15 is 0 Å². The molecule has 0 bridgehead atoms. The molecular formula is C32H22N2. The summed E-state index contributed by atoms with van der Waals surface area (Å²) in [5.74, 6) is 0. The first kappa shape index (κ1) is 20.1. The highest BCUT2D eigenvalue weighted by Crippen LogP contribution is 2.32. The number of aromatic nitrogens is 2. The van der Waals surface area contributed by atoms with E-state index in [9.17, 15) is 0 Å². The standard InChI is InChI=1S/C32H22N2/c1-3-9-25(10-4-1)31-20-28(21-32(34-31)26-11-5-2-6-12-26)23-15-17-24(18-16-23)29-19-27-13-7-8-14-30(27)33-22-29/h1-22H. The molecule has 0 unspecified atom stereocenters. The van der Waals surface area contributed by atoms with E-state index in [1.807, 2.05) is 30.5 Å². The summed E-state index contributed by atoms with van der Waals surface area (Å²) >= 11 is 0. The lowest BCUT2D eigenvalue weighted by Crippen LogP contribution is -1.91. The van der Waals surface area contributed by atoms with Crippen LogP contribution in [0.25, 0.3) is 55.7 Å². The average molecular weight is 435 g/mol. The first-order chi connectivity index (χ1) is 16.8. The monoisotopic (exact) mass is 434 g/mol. The SMILES string of the molecule is c1ccc(-c2cc(-c3ccc(-c4cnc5ccccc5c4)cc3)cc(-c3ccccc3)n2)cc1. The smallest absolute Gasteiger partial charge is 0.0715 e. The van der Waals surface area contributed by atoms with Gasteiger partial charge in [0.15, 0.2) is 0 Å². The van der Waals surface area contributed by atoms with Crippen molar-refractivity contribution in [2.75, 3.05) is 0 Å². The normalized spacial score (nSPS) is 10.9. The van der Waals surface area contributed by atoms with Crippen LogP contribution >= 0.6 is 0 Å². The summed E-state index contributed by atoms with van der Waals surface area (Å²) in [6, 6.07) is 44.2. The van der Waals surface area contributed by atoms with Crippen LogP contribution < -0.4 is 0 Å². The molecule has 6 rings (SSSR count). The zero-order chi connectivity index (χ0) is 22.7. The van der Waals surface area contributed by atoms with Crippen LogP contribution in [0.1, 0.15) is 0 Å². The number of nitrogens with zero attached hydrogens (tertiary/aromatic N) is 2. The lowest BCUT2D eigenvalue weighted by Gasteiger charge is -2.11. The quantitative estimate of drug-likeness (QED) is 0.279. The van der Waals surface area contributed by atoms with E-state index in [-0.39, 0.29) is 0 Å². The fourth-order valence-electron chi connectivity index (χ4n) is 4.29. The Labute approximate surface area is 199 Å². The molecule has 0 spiro atoms. The maximum absolute atomic E-state index is 4.99. The van der Waals surface area contributed by atoms with Gasteiger partial charge >= 0.3 is 0 Å². The van der Waals surface area contributed by atoms with Crippen LogP contribution in [0.5, 0.6) is 0 Å². The van der Waals surface area contributed by atoms with Crippen LogP contribution in [-0.2, 0) is 0 Å². The van der Waals surface area contributed by atoms with Crippen molar-refractivity contribution in [2.24, 2.45) is 0 Å². The van der Waals surface area contributed by atoms with E-state index in [1.165, 1.54) is 0 Å². The minimum absolute atomic E-state index is 0.972. The van der Waals surface area contributed by atoms with E-state index in [0.717, 1.165) is 55.7 Å². The summed E-state index contributed by atoms with van der Waals surface area (Å²) in [5, 5.41) is 1.15. The minimum atomic E-state index is 0.972. The van der Waals surface area contributed by atoms with Gasteiger partial charge in [-0.1, -0.05) is 103 Å². The molecule has 6 aromatic rings. The fourth-order valence-corrected chi connectivity index (χ4v) is 4.29. The highest BCUT2D eigenvalue weighted by Gasteiger charge is 2.09. The third-order valence-corrected chi connectivity index (χ3v) is 6.11. The molecular weight excluding hydrogens is 412 g/mol. The van der Waals surface area contributed by atoms with Crippen LogP contribution in [0.3, 0.4) is 0 Å². The minimum Gasteiger partial charge on any atom is -0.256 e. The maximum Gasteiger partial charge on any atom is 0.0715 e. The molecule has 160 valence electrons. The zero-order valence-corrected chi connectivity index (χ0v) is 18.6. The zero-order valence-electron chi connectivity index (χ0n) is 18.6. The third-order valence-electron chi connectivity index (χ3n) is 6.11. The molecule has 2 heterocycles. The summed E-state index contributed by atoms with van der Waals surface area (Å²) in [4.78, 5) is 9.61. The Bertz CT molecular complexity index is 1510. The van der Waals surface area contributed by atoms with Gasteiger partial charge in [0.25, 0.3) is 0 Å². The number of hydrogen-bond acceptors (Lipinski definition) is 2. The summed E-state index contributed by atoms with van der Waals surface area (Å²) in [5.41, 5.74) is 9.77. The Balaban J connectivity index is 1.42. The molecule has 0 aliphatic rings. The number of hydrogen-bond donors (Lipinski definition) is 0. The maximum atomic E-state index is 4.99. The van der Waals surface area contributed by atoms with Gasteiger partial charge in [-0.25, -0.2) is 4.98 Å².